The molecule has 2 rings (SSSR count). The van der Waals surface area contributed by atoms with Crippen molar-refractivity contribution in [2.75, 3.05) is 5.75 Å². The molecule has 1 aromatic carbocycles. The van der Waals surface area contributed by atoms with Crippen molar-refractivity contribution in [3.8, 4) is 5.75 Å². The summed E-state index contributed by atoms with van der Waals surface area (Å²) in [4.78, 5) is 0.228. The van der Waals surface area contributed by atoms with Gasteiger partial charge in [0.1, 0.15) is 5.75 Å². The highest BCUT2D eigenvalue weighted by atomic mass is 32.2. The monoisotopic (exact) mass is 228 g/mol. The zero-order valence-electron chi connectivity index (χ0n) is 8.21. The number of fused-ring (bicyclic) bond motifs is 1. The average molecular weight is 228 g/mol. The van der Waals surface area contributed by atoms with Crippen LogP contribution in [0, 0.1) is 0 Å². The number of phenols is 1. The lowest BCUT2D eigenvalue weighted by Gasteiger charge is -2.12. The van der Waals surface area contributed by atoms with Gasteiger partial charge in [-0.3, -0.25) is 0 Å². The molecule has 1 heterocycles. The highest BCUT2D eigenvalue weighted by Crippen LogP contribution is 2.38. The van der Waals surface area contributed by atoms with Crippen molar-refractivity contribution in [3.63, 3.8) is 0 Å². The number of sulfone groups is 1. The maximum absolute atomic E-state index is 11.7. The van der Waals surface area contributed by atoms with Crippen molar-refractivity contribution >= 4 is 9.84 Å². The molecule has 0 saturated carbocycles. The number of rotatable bonds is 1. The Hall–Kier alpha value is -1.07. The van der Waals surface area contributed by atoms with E-state index in [0.717, 1.165) is 0 Å². The number of hydrogen-bond acceptors (Lipinski definition) is 4. The van der Waals surface area contributed by atoms with Gasteiger partial charge in [-0.15, -0.1) is 0 Å². The van der Waals surface area contributed by atoms with Crippen LogP contribution in [0.4, 0.5) is 0 Å². The smallest absolute Gasteiger partial charge is 0.179 e. The zero-order valence-corrected chi connectivity index (χ0v) is 9.03. The summed E-state index contributed by atoms with van der Waals surface area (Å²) in [6.45, 7) is 1.55. The lowest BCUT2D eigenvalue weighted by atomic mass is 9.96. The van der Waals surface area contributed by atoms with Crippen LogP contribution in [0.3, 0.4) is 0 Å². The van der Waals surface area contributed by atoms with Gasteiger partial charge in [0, 0.05) is 5.92 Å². The molecule has 15 heavy (non-hydrogen) atoms. The summed E-state index contributed by atoms with van der Waals surface area (Å²) in [5.74, 6) is -0.489. The summed E-state index contributed by atoms with van der Waals surface area (Å²) in [7, 11) is -3.29. The summed E-state index contributed by atoms with van der Waals surface area (Å²) >= 11 is 0. The highest BCUT2D eigenvalue weighted by molar-refractivity contribution is 7.91. The van der Waals surface area contributed by atoms with Crippen molar-refractivity contribution in [2.24, 2.45) is 0 Å². The predicted molar refractivity (Wildman–Crippen MR) is 54.6 cm³/mol. The standard InChI is InChI=1S/C10H12O4S/c1-6(11)9-5-15(13,14)10-3-2-7(12)4-8(9)10/h2-4,6,9,11-12H,5H2,1H3. The Labute approximate surface area is 88.1 Å². The topological polar surface area (TPSA) is 74.6 Å². The van der Waals surface area contributed by atoms with Crippen LogP contribution < -0.4 is 0 Å². The van der Waals surface area contributed by atoms with Crippen molar-refractivity contribution in [2.45, 2.75) is 23.8 Å². The van der Waals surface area contributed by atoms with Crippen LogP contribution in [-0.4, -0.2) is 30.5 Å². The first-order valence-corrected chi connectivity index (χ1v) is 6.31. The summed E-state index contributed by atoms with van der Waals surface area (Å²) in [5, 5.41) is 18.8. The molecule has 0 radical (unpaired) electrons. The molecular weight excluding hydrogens is 216 g/mol. The number of hydrogen-bond donors (Lipinski definition) is 2. The quantitative estimate of drug-likeness (QED) is 0.740. The van der Waals surface area contributed by atoms with Gasteiger partial charge in [0.2, 0.25) is 0 Å². The van der Waals surface area contributed by atoms with Crippen LogP contribution in [0.1, 0.15) is 18.4 Å². The molecule has 0 spiro atoms. The van der Waals surface area contributed by atoms with Crippen LogP contribution in [0.15, 0.2) is 23.1 Å². The fourth-order valence-electron chi connectivity index (χ4n) is 1.92. The molecule has 0 amide bonds. The lowest BCUT2D eigenvalue weighted by Crippen LogP contribution is -2.16. The minimum Gasteiger partial charge on any atom is -0.508 e. The van der Waals surface area contributed by atoms with Crippen LogP contribution in [-0.2, 0) is 9.84 Å². The minimum absolute atomic E-state index is 0.0245. The van der Waals surface area contributed by atoms with E-state index >= 15 is 0 Å². The third-order valence-electron chi connectivity index (χ3n) is 2.71. The molecule has 2 unspecified atom stereocenters. The number of benzene rings is 1. The van der Waals surface area contributed by atoms with E-state index in [2.05, 4.69) is 0 Å². The summed E-state index contributed by atoms with van der Waals surface area (Å²) in [6, 6.07) is 4.15. The van der Waals surface area contributed by atoms with E-state index in [1.807, 2.05) is 0 Å². The Morgan fingerprint density at radius 1 is 1.47 bits per heavy atom. The van der Waals surface area contributed by atoms with E-state index in [-0.39, 0.29) is 16.4 Å². The lowest BCUT2D eigenvalue weighted by molar-refractivity contribution is 0.170. The summed E-state index contributed by atoms with van der Waals surface area (Å²) < 4.78 is 23.4. The van der Waals surface area contributed by atoms with Gasteiger partial charge in [-0.05, 0) is 30.7 Å². The molecule has 2 atom stereocenters. The Morgan fingerprint density at radius 2 is 2.13 bits per heavy atom. The highest BCUT2D eigenvalue weighted by Gasteiger charge is 2.37. The Balaban J connectivity index is 2.64. The van der Waals surface area contributed by atoms with Gasteiger partial charge in [0.25, 0.3) is 0 Å². The number of phenolic OH excluding ortho intramolecular Hbond substituents is 1. The first-order valence-electron chi connectivity index (χ1n) is 4.65. The van der Waals surface area contributed by atoms with Crippen LogP contribution in [0.2, 0.25) is 0 Å². The Kier molecular flexibility index (Phi) is 2.24. The molecule has 1 aromatic rings. The van der Waals surface area contributed by atoms with Gasteiger partial charge >= 0.3 is 0 Å². The SMILES string of the molecule is CC(O)C1CS(=O)(=O)c2ccc(O)cc21. The Bertz CT molecular complexity index is 490. The van der Waals surface area contributed by atoms with Gasteiger partial charge in [-0.1, -0.05) is 0 Å². The maximum atomic E-state index is 11.7. The predicted octanol–water partition coefficient (Wildman–Crippen LogP) is 0.644. The normalized spacial score (nSPS) is 24.8. The van der Waals surface area contributed by atoms with Gasteiger partial charge < -0.3 is 10.2 Å². The minimum atomic E-state index is -3.29. The average Bonchev–Trinajstić information content (AvgIpc) is 2.38. The van der Waals surface area contributed by atoms with Crippen molar-refractivity contribution in [1.29, 1.82) is 0 Å². The van der Waals surface area contributed by atoms with E-state index in [1.54, 1.807) is 6.92 Å². The second-order valence-electron chi connectivity index (χ2n) is 3.85. The maximum Gasteiger partial charge on any atom is 0.179 e. The van der Waals surface area contributed by atoms with Gasteiger partial charge in [-0.25, -0.2) is 8.42 Å². The first-order chi connectivity index (χ1) is 6.92. The molecule has 5 heteroatoms. The first kappa shape index (κ1) is 10.4. The molecule has 0 aliphatic carbocycles. The second kappa shape index (κ2) is 3.21. The fraction of sp³-hybridized carbons (Fsp3) is 0.400. The number of aromatic hydroxyl groups is 1. The van der Waals surface area contributed by atoms with Crippen molar-refractivity contribution in [3.05, 3.63) is 23.8 Å². The zero-order chi connectivity index (χ0) is 11.2. The van der Waals surface area contributed by atoms with E-state index in [9.17, 15) is 18.6 Å². The van der Waals surface area contributed by atoms with E-state index in [4.69, 9.17) is 0 Å². The number of aliphatic hydroxyl groups is 1. The van der Waals surface area contributed by atoms with E-state index in [0.29, 0.717) is 5.56 Å². The van der Waals surface area contributed by atoms with Gasteiger partial charge in [0.05, 0.1) is 16.8 Å². The molecule has 0 fully saturated rings. The van der Waals surface area contributed by atoms with Crippen LogP contribution >= 0.6 is 0 Å². The largest absolute Gasteiger partial charge is 0.508 e. The molecule has 82 valence electrons. The third kappa shape index (κ3) is 1.61. The van der Waals surface area contributed by atoms with Gasteiger partial charge in [0.15, 0.2) is 9.84 Å². The molecule has 1 aliphatic rings. The van der Waals surface area contributed by atoms with Gasteiger partial charge in [-0.2, -0.15) is 0 Å². The molecule has 0 bridgehead atoms. The van der Waals surface area contributed by atoms with Crippen LogP contribution in [0.25, 0.3) is 0 Å². The summed E-state index contributed by atoms with van der Waals surface area (Å²) in [6.07, 6.45) is -0.733. The third-order valence-corrected chi connectivity index (χ3v) is 4.55. The van der Waals surface area contributed by atoms with Crippen LogP contribution in [0.5, 0.6) is 5.75 Å². The fourth-order valence-corrected chi connectivity index (χ4v) is 3.88. The van der Waals surface area contributed by atoms with Crippen molar-refractivity contribution < 1.29 is 18.6 Å². The second-order valence-corrected chi connectivity index (χ2v) is 5.85. The van der Waals surface area contributed by atoms with Crippen molar-refractivity contribution in [1.82, 2.24) is 0 Å². The molecule has 4 nitrogen and oxygen atoms in total. The Morgan fingerprint density at radius 3 is 2.73 bits per heavy atom. The molecule has 2 N–H and O–H groups in total. The molecular formula is C10H12O4S. The molecule has 1 aliphatic heterocycles. The molecule has 0 saturated heterocycles. The summed E-state index contributed by atoms with van der Waals surface area (Å²) in [5.41, 5.74) is 0.519. The van der Waals surface area contributed by atoms with E-state index in [1.165, 1.54) is 18.2 Å². The number of aliphatic hydroxyl groups excluding tert-OH is 1. The van der Waals surface area contributed by atoms with E-state index < -0.39 is 21.9 Å². The molecule has 0 aromatic heterocycles.